The molecule has 1 saturated heterocycles. The summed E-state index contributed by atoms with van der Waals surface area (Å²) in [6.07, 6.45) is 5.28. The van der Waals surface area contributed by atoms with Crippen molar-refractivity contribution in [2.45, 2.75) is 25.9 Å². The average molecular weight is 394 g/mol. The van der Waals surface area contributed by atoms with Gasteiger partial charge in [0.25, 0.3) is 5.91 Å². The number of ether oxygens (including phenoxy) is 2. The van der Waals surface area contributed by atoms with Crippen LogP contribution in [0.1, 0.15) is 35.7 Å². The number of carbonyl (C=O) groups is 2. The van der Waals surface area contributed by atoms with Gasteiger partial charge in [0.1, 0.15) is 5.75 Å². The number of hydrogen-bond acceptors (Lipinski definition) is 4. The average Bonchev–Trinajstić information content (AvgIpc) is 3.26. The fourth-order valence-corrected chi connectivity index (χ4v) is 3.05. The summed E-state index contributed by atoms with van der Waals surface area (Å²) in [5, 5.41) is 5.66. The maximum atomic E-state index is 12.3. The summed E-state index contributed by atoms with van der Waals surface area (Å²) in [5.74, 6) is 0.348. The maximum absolute atomic E-state index is 12.3. The molecule has 152 valence electrons. The van der Waals surface area contributed by atoms with E-state index < -0.39 is 0 Å². The van der Waals surface area contributed by atoms with Gasteiger partial charge in [-0.1, -0.05) is 18.2 Å². The molecule has 0 spiro atoms. The molecule has 0 bridgehead atoms. The predicted octanol–water partition coefficient (Wildman–Crippen LogP) is 3.65. The Balaban J connectivity index is 1.53. The molecule has 3 rings (SSSR count). The minimum absolute atomic E-state index is 0.0922. The Morgan fingerprint density at radius 1 is 1.21 bits per heavy atom. The first-order chi connectivity index (χ1) is 14.1. The van der Waals surface area contributed by atoms with Crippen molar-refractivity contribution in [2.75, 3.05) is 25.1 Å². The number of rotatable bonds is 8. The van der Waals surface area contributed by atoms with Gasteiger partial charge in [-0.15, -0.1) is 0 Å². The van der Waals surface area contributed by atoms with Crippen LogP contribution in [-0.2, 0) is 9.53 Å². The van der Waals surface area contributed by atoms with Crippen LogP contribution < -0.4 is 15.4 Å². The molecule has 29 heavy (non-hydrogen) atoms. The second-order valence-electron chi connectivity index (χ2n) is 6.75. The lowest BCUT2D eigenvalue weighted by Gasteiger charge is -2.11. The fourth-order valence-electron chi connectivity index (χ4n) is 3.05. The first-order valence-corrected chi connectivity index (χ1v) is 9.86. The van der Waals surface area contributed by atoms with Gasteiger partial charge >= 0.3 is 0 Å². The monoisotopic (exact) mass is 394 g/mol. The van der Waals surface area contributed by atoms with Crippen LogP contribution in [-0.4, -0.2) is 37.7 Å². The lowest BCUT2D eigenvalue weighted by molar-refractivity contribution is -0.111. The molecule has 1 fully saturated rings. The first kappa shape index (κ1) is 20.6. The predicted molar refractivity (Wildman–Crippen MR) is 113 cm³/mol. The quantitative estimate of drug-likeness (QED) is 0.670. The van der Waals surface area contributed by atoms with Crippen LogP contribution >= 0.6 is 0 Å². The van der Waals surface area contributed by atoms with E-state index in [1.54, 1.807) is 30.3 Å². The van der Waals surface area contributed by atoms with Crippen molar-refractivity contribution in [1.82, 2.24) is 5.32 Å². The van der Waals surface area contributed by atoms with Gasteiger partial charge in [-0.2, -0.15) is 0 Å². The largest absolute Gasteiger partial charge is 0.494 e. The lowest BCUT2D eigenvalue weighted by Crippen LogP contribution is -2.31. The third-order valence-electron chi connectivity index (χ3n) is 4.52. The fraction of sp³-hybridized carbons (Fsp3) is 0.304. The van der Waals surface area contributed by atoms with Crippen molar-refractivity contribution in [3.63, 3.8) is 0 Å². The van der Waals surface area contributed by atoms with E-state index in [1.807, 2.05) is 31.2 Å². The zero-order valence-corrected chi connectivity index (χ0v) is 16.5. The van der Waals surface area contributed by atoms with Crippen LogP contribution in [0.3, 0.4) is 0 Å². The molecule has 2 N–H and O–H groups in total. The molecule has 1 atom stereocenters. The summed E-state index contributed by atoms with van der Waals surface area (Å²) >= 11 is 0. The van der Waals surface area contributed by atoms with E-state index in [1.165, 1.54) is 6.08 Å². The molecule has 6 nitrogen and oxygen atoms in total. The molecule has 2 amide bonds. The summed E-state index contributed by atoms with van der Waals surface area (Å²) in [6.45, 7) is 3.80. The number of carbonyl (C=O) groups excluding carboxylic acids is 2. The Bertz CT molecular complexity index is 855. The zero-order chi connectivity index (χ0) is 20.5. The van der Waals surface area contributed by atoms with Crippen molar-refractivity contribution >= 4 is 23.6 Å². The van der Waals surface area contributed by atoms with Gasteiger partial charge < -0.3 is 20.1 Å². The Kier molecular flexibility index (Phi) is 7.41. The van der Waals surface area contributed by atoms with Gasteiger partial charge in [0.2, 0.25) is 5.91 Å². The van der Waals surface area contributed by atoms with Gasteiger partial charge in [-0.05, 0) is 61.7 Å². The first-order valence-electron chi connectivity index (χ1n) is 9.86. The molecule has 0 saturated carbocycles. The number of benzene rings is 2. The second-order valence-corrected chi connectivity index (χ2v) is 6.75. The maximum Gasteiger partial charge on any atom is 0.251 e. The van der Waals surface area contributed by atoms with E-state index in [0.29, 0.717) is 24.4 Å². The van der Waals surface area contributed by atoms with Gasteiger partial charge in [0, 0.05) is 30.5 Å². The van der Waals surface area contributed by atoms with E-state index in [9.17, 15) is 9.59 Å². The van der Waals surface area contributed by atoms with E-state index in [0.717, 1.165) is 30.8 Å². The third kappa shape index (κ3) is 6.47. The van der Waals surface area contributed by atoms with Gasteiger partial charge in [-0.25, -0.2) is 0 Å². The van der Waals surface area contributed by atoms with E-state index in [4.69, 9.17) is 9.47 Å². The van der Waals surface area contributed by atoms with Crippen LogP contribution in [0.15, 0.2) is 54.6 Å². The zero-order valence-electron chi connectivity index (χ0n) is 16.5. The summed E-state index contributed by atoms with van der Waals surface area (Å²) < 4.78 is 10.9. The van der Waals surface area contributed by atoms with Crippen LogP contribution in [0.2, 0.25) is 0 Å². The molecule has 0 aliphatic carbocycles. The van der Waals surface area contributed by atoms with Gasteiger partial charge in [-0.3, -0.25) is 9.59 Å². The topological polar surface area (TPSA) is 76.7 Å². The highest BCUT2D eigenvalue weighted by molar-refractivity contribution is 6.03. The van der Waals surface area contributed by atoms with E-state index in [-0.39, 0.29) is 17.9 Å². The minimum Gasteiger partial charge on any atom is -0.494 e. The summed E-state index contributed by atoms with van der Waals surface area (Å²) in [7, 11) is 0. The van der Waals surface area contributed by atoms with Crippen molar-refractivity contribution in [1.29, 1.82) is 0 Å². The number of anilines is 1. The highest BCUT2D eigenvalue weighted by Gasteiger charge is 2.16. The van der Waals surface area contributed by atoms with Crippen molar-refractivity contribution in [3.05, 3.63) is 65.7 Å². The summed E-state index contributed by atoms with van der Waals surface area (Å²) in [4.78, 5) is 24.5. The highest BCUT2D eigenvalue weighted by atomic mass is 16.5. The Morgan fingerprint density at radius 3 is 2.76 bits per heavy atom. The molecule has 1 unspecified atom stereocenters. The Hall–Kier alpha value is -3.12. The Morgan fingerprint density at radius 2 is 2.03 bits per heavy atom. The van der Waals surface area contributed by atoms with Crippen molar-refractivity contribution < 1.29 is 19.1 Å². The summed E-state index contributed by atoms with van der Waals surface area (Å²) in [6, 6.07) is 14.4. The standard InChI is InChI=1S/C23H26N2O4/c1-2-28-20-11-8-17(9-12-20)10-13-22(26)25-19-6-3-5-18(15-19)23(27)24-16-21-7-4-14-29-21/h3,5-6,8-13,15,21H,2,4,7,14,16H2,1H3,(H,24,27)(H,25,26)/b13-10+. The minimum atomic E-state index is -0.268. The SMILES string of the molecule is CCOc1ccc(/C=C/C(=O)Nc2cccc(C(=O)NCC3CCCO3)c2)cc1. The highest BCUT2D eigenvalue weighted by Crippen LogP contribution is 2.15. The van der Waals surface area contributed by atoms with Crippen LogP contribution in [0.25, 0.3) is 6.08 Å². The molecule has 2 aromatic rings. The molecule has 1 aliphatic rings. The molecule has 2 aromatic carbocycles. The van der Waals surface area contributed by atoms with Crippen LogP contribution in [0.4, 0.5) is 5.69 Å². The molecule has 0 aromatic heterocycles. The number of nitrogens with one attached hydrogen (secondary N) is 2. The molecular formula is C23H26N2O4. The van der Waals surface area contributed by atoms with Gasteiger partial charge in [0.15, 0.2) is 0 Å². The second kappa shape index (κ2) is 10.4. The van der Waals surface area contributed by atoms with Crippen molar-refractivity contribution in [2.24, 2.45) is 0 Å². The van der Waals surface area contributed by atoms with Gasteiger partial charge in [0.05, 0.1) is 12.7 Å². The Labute approximate surface area is 170 Å². The molecule has 6 heteroatoms. The van der Waals surface area contributed by atoms with E-state index in [2.05, 4.69) is 10.6 Å². The molecule has 0 radical (unpaired) electrons. The summed E-state index contributed by atoms with van der Waals surface area (Å²) in [5.41, 5.74) is 1.96. The number of amides is 2. The normalized spacial score (nSPS) is 16.0. The third-order valence-corrected chi connectivity index (χ3v) is 4.52. The van der Waals surface area contributed by atoms with Crippen LogP contribution in [0, 0.1) is 0 Å². The molecule has 1 aliphatic heterocycles. The van der Waals surface area contributed by atoms with Crippen molar-refractivity contribution in [3.8, 4) is 5.75 Å². The lowest BCUT2D eigenvalue weighted by atomic mass is 10.1. The smallest absolute Gasteiger partial charge is 0.251 e. The molecule has 1 heterocycles. The molecular weight excluding hydrogens is 368 g/mol. The van der Waals surface area contributed by atoms with Crippen LogP contribution in [0.5, 0.6) is 5.75 Å². The number of hydrogen-bond donors (Lipinski definition) is 2. The van der Waals surface area contributed by atoms with E-state index >= 15 is 0 Å².